The van der Waals surface area contributed by atoms with Gasteiger partial charge in [-0.2, -0.15) is 0 Å². The Hall–Kier alpha value is -1.03. The Bertz CT molecular complexity index is 414. The van der Waals surface area contributed by atoms with Gasteiger partial charge in [0.15, 0.2) is 5.82 Å². The first-order chi connectivity index (χ1) is 7.74. The van der Waals surface area contributed by atoms with E-state index in [0.29, 0.717) is 11.9 Å². The van der Waals surface area contributed by atoms with Gasteiger partial charge in [0.1, 0.15) is 5.02 Å². The number of rotatable bonds is 5. The predicted molar refractivity (Wildman–Crippen MR) is 65.1 cm³/mol. The molecule has 0 bridgehead atoms. The molecule has 2 rings (SSSR count). The molecule has 1 aliphatic rings. The van der Waals surface area contributed by atoms with Crippen LogP contribution in [0.25, 0.3) is 0 Å². The van der Waals surface area contributed by atoms with Gasteiger partial charge >= 0.3 is 0 Å². The molecule has 1 aromatic rings. The van der Waals surface area contributed by atoms with Gasteiger partial charge in [-0.3, -0.25) is 4.79 Å². The van der Waals surface area contributed by atoms with E-state index in [2.05, 4.69) is 21.8 Å². The molecular weight excluding hydrogens is 226 g/mol. The van der Waals surface area contributed by atoms with Crippen molar-refractivity contribution in [1.82, 2.24) is 9.97 Å². The summed E-state index contributed by atoms with van der Waals surface area (Å²) in [6.45, 7) is 3.08. The van der Waals surface area contributed by atoms with Crippen molar-refractivity contribution < 1.29 is 0 Å². The summed E-state index contributed by atoms with van der Waals surface area (Å²) in [5.74, 6) is 0.640. The standard InChI is InChI=1S/C11H16ClN3O/c1-2-3-6-15(8-4-5-8)10-9(12)11(16)14-7-13-10/h7-8H,2-6H2,1H3,(H,13,14,16). The fourth-order valence-corrected chi connectivity index (χ4v) is 1.96. The van der Waals surface area contributed by atoms with Crippen LogP contribution in [0.2, 0.25) is 5.02 Å². The average Bonchev–Trinajstić information content (AvgIpc) is 3.08. The van der Waals surface area contributed by atoms with E-state index < -0.39 is 0 Å². The molecule has 1 aliphatic carbocycles. The third-order valence-corrected chi connectivity index (χ3v) is 3.13. The summed E-state index contributed by atoms with van der Waals surface area (Å²) in [6.07, 6.45) is 6.00. The number of aromatic amines is 1. The minimum absolute atomic E-state index is 0.213. The maximum absolute atomic E-state index is 11.4. The van der Waals surface area contributed by atoms with Crippen molar-refractivity contribution in [3.8, 4) is 0 Å². The van der Waals surface area contributed by atoms with Crippen molar-refractivity contribution in [3.63, 3.8) is 0 Å². The number of unbranched alkanes of at least 4 members (excludes halogenated alkanes) is 1. The van der Waals surface area contributed by atoms with Crippen molar-refractivity contribution in [1.29, 1.82) is 0 Å². The first-order valence-electron chi connectivity index (χ1n) is 5.74. The molecular formula is C11H16ClN3O. The van der Waals surface area contributed by atoms with Crippen LogP contribution in [-0.2, 0) is 0 Å². The summed E-state index contributed by atoms with van der Waals surface area (Å²) in [5, 5.41) is 0.213. The van der Waals surface area contributed by atoms with Gasteiger partial charge < -0.3 is 9.88 Å². The Morgan fingerprint density at radius 1 is 1.62 bits per heavy atom. The smallest absolute Gasteiger partial charge is 0.271 e. The number of halogens is 1. The quantitative estimate of drug-likeness (QED) is 0.860. The van der Waals surface area contributed by atoms with Crippen molar-refractivity contribution in [2.75, 3.05) is 11.4 Å². The molecule has 0 aliphatic heterocycles. The molecule has 0 saturated heterocycles. The molecule has 5 heteroatoms. The topological polar surface area (TPSA) is 49.0 Å². The van der Waals surface area contributed by atoms with Crippen LogP contribution in [0.15, 0.2) is 11.1 Å². The number of aromatic nitrogens is 2. The number of H-pyrrole nitrogens is 1. The maximum atomic E-state index is 11.4. The molecule has 0 spiro atoms. The molecule has 0 aromatic carbocycles. The number of hydrogen-bond donors (Lipinski definition) is 1. The summed E-state index contributed by atoms with van der Waals surface area (Å²) in [7, 11) is 0. The zero-order valence-electron chi connectivity index (χ0n) is 9.37. The van der Waals surface area contributed by atoms with Crippen LogP contribution in [0, 0.1) is 0 Å². The van der Waals surface area contributed by atoms with Crippen LogP contribution in [0.4, 0.5) is 5.82 Å². The SMILES string of the molecule is CCCCN(c1nc[nH]c(=O)c1Cl)C1CC1. The Balaban J connectivity index is 2.24. The Morgan fingerprint density at radius 3 is 3.00 bits per heavy atom. The lowest BCUT2D eigenvalue weighted by Crippen LogP contribution is -2.29. The molecule has 1 heterocycles. The number of nitrogens with zero attached hydrogens (tertiary/aromatic N) is 2. The van der Waals surface area contributed by atoms with E-state index in [1.165, 1.54) is 19.2 Å². The second-order valence-electron chi connectivity index (χ2n) is 4.15. The van der Waals surface area contributed by atoms with Crippen LogP contribution in [0.5, 0.6) is 0 Å². The fourth-order valence-electron chi connectivity index (χ4n) is 1.75. The summed E-state index contributed by atoms with van der Waals surface area (Å²) in [5.41, 5.74) is -0.256. The average molecular weight is 242 g/mol. The minimum atomic E-state index is -0.256. The first-order valence-corrected chi connectivity index (χ1v) is 6.11. The summed E-state index contributed by atoms with van der Waals surface area (Å²) in [6, 6.07) is 0.526. The van der Waals surface area contributed by atoms with Crippen molar-refractivity contribution in [2.24, 2.45) is 0 Å². The lowest BCUT2D eigenvalue weighted by atomic mass is 10.3. The van der Waals surface area contributed by atoms with E-state index in [9.17, 15) is 4.79 Å². The zero-order chi connectivity index (χ0) is 11.5. The lowest BCUT2D eigenvalue weighted by Gasteiger charge is -2.23. The molecule has 0 amide bonds. The third-order valence-electron chi connectivity index (χ3n) is 2.79. The normalized spacial score (nSPS) is 15.1. The number of nitrogens with one attached hydrogen (secondary N) is 1. The molecule has 1 saturated carbocycles. The third kappa shape index (κ3) is 2.38. The second-order valence-corrected chi connectivity index (χ2v) is 4.53. The van der Waals surface area contributed by atoms with Gasteiger partial charge in [-0.15, -0.1) is 0 Å². The molecule has 16 heavy (non-hydrogen) atoms. The molecule has 4 nitrogen and oxygen atoms in total. The largest absolute Gasteiger partial charge is 0.352 e. The molecule has 0 atom stereocenters. The molecule has 0 unspecified atom stereocenters. The Morgan fingerprint density at radius 2 is 2.38 bits per heavy atom. The van der Waals surface area contributed by atoms with E-state index in [-0.39, 0.29) is 10.6 Å². The predicted octanol–water partition coefficient (Wildman–Crippen LogP) is 2.19. The number of anilines is 1. The van der Waals surface area contributed by atoms with E-state index in [4.69, 9.17) is 11.6 Å². The lowest BCUT2D eigenvalue weighted by molar-refractivity contribution is 0.703. The van der Waals surface area contributed by atoms with Gasteiger partial charge in [0, 0.05) is 12.6 Å². The van der Waals surface area contributed by atoms with Crippen molar-refractivity contribution in [2.45, 2.75) is 38.6 Å². The fraction of sp³-hybridized carbons (Fsp3) is 0.636. The molecule has 1 fully saturated rings. The molecule has 1 aromatic heterocycles. The minimum Gasteiger partial charge on any atom is -0.352 e. The van der Waals surface area contributed by atoms with Gasteiger partial charge in [0.05, 0.1) is 6.33 Å². The van der Waals surface area contributed by atoms with Gasteiger partial charge in [-0.05, 0) is 19.3 Å². The van der Waals surface area contributed by atoms with Crippen LogP contribution >= 0.6 is 11.6 Å². The zero-order valence-corrected chi connectivity index (χ0v) is 10.1. The second kappa shape index (κ2) is 4.87. The Labute approximate surface area is 99.6 Å². The van der Waals surface area contributed by atoms with Crippen molar-refractivity contribution in [3.05, 3.63) is 21.7 Å². The van der Waals surface area contributed by atoms with Crippen molar-refractivity contribution >= 4 is 17.4 Å². The van der Waals surface area contributed by atoms with E-state index in [1.807, 2.05) is 0 Å². The summed E-state index contributed by atoms with van der Waals surface area (Å²) < 4.78 is 0. The highest BCUT2D eigenvalue weighted by Gasteiger charge is 2.31. The highest BCUT2D eigenvalue weighted by Crippen LogP contribution is 2.32. The van der Waals surface area contributed by atoms with Gasteiger partial charge in [0.25, 0.3) is 5.56 Å². The van der Waals surface area contributed by atoms with Gasteiger partial charge in [0.2, 0.25) is 0 Å². The summed E-state index contributed by atoms with van der Waals surface area (Å²) in [4.78, 5) is 20.3. The molecule has 88 valence electrons. The van der Waals surface area contributed by atoms with Crippen LogP contribution < -0.4 is 10.5 Å². The molecule has 0 radical (unpaired) electrons. The van der Waals surface area contributed by atoms with Gasteiger partial charge in [-0.25, -0.2) is 4.98 Å². The monoisotopic (exact) mass is 241 g/mol. The van der Waals surface area contributed by atoms with Crippen LogP contribution in [0.1, 0.15) is 32.6 Å². The summed E-state index contributed by atoms with van der Waals surface area (Å²) >= 11 is 5.99. The maximum Gasteiger partial charge on any atom is 0.271 e. The highest BCUT2D eigenvalue weighted by molar-refractivity contribution is 6.32. The van der Waals surface area contributed by atoms with Crippen LogP contribution in [-0.4, -0.2) is 22.6 Å². The highest BCUT2D eigenvalue weighted by atomic mass is 35.5. The van der Waals surface area contributed by atoms with E-state index >= 15 is 0 Å². The number of hydrogen-bond acceptors (Lipinski definition) is 3. The van der Waals surface area contributed by atoms with E-state index in [0.717, 1.165) is 19.4 Å². The van der Waals surface area contributed by atoms with Gasteiger partial charge in [-0.1, -0.05) is 24.9 Å². The first kappa shape index (κ1) is 11.5. The molecule has 1 N–H and O–H groups in total. The van der Waals surface area contributed by atoms with Crippen LogP contribution in [0.3, 0.4) is 0 Å². The Kier molecular flexibility index (Phi) is 3.49. The van der Waals surface area contributed by atoms with E-state index in [1.54, 1.807) is 0 Å².